The largest absolute Gasteiger partial charge is 0.393 e. The van der Waals surface area contributed by atoms with Gasteiger partial charge in [-0.2, -0.15) is 13.2 Å². The summed E-state index contributed by atoms with van der Waals surface area (Å²) in [6.45, 7) is 0. The van der Waals surface area contributed by atoms with Gasteiger partial charge in [-0.15, -0.1) is 11.8 Å². The Morgan fingerprint density at radius 2 is 1.82 bits per heavy atom. The van der Waals surface area contributed by atoms with Gasteiger partial charge >= 0.3 is 6.18 Å². The van der Waals surface area contributed by atoms with Crippen molar-refractivity contribution in [1.82, 2.24) is 9.97 Å². The van der Waals surface area contributed by atoms with Crippen molar-refractivity contribution in [3.8, 4) is 0 Å². The number of carbonyl (C=O) groups excluding carboxylic acids is 1. The first-order chi connectivity index (χ1) is 13.4. The summed E-state index contributed by atoms with van der Waals surface area (Å²) in [7, 11) is 0. The molecule has 0 spiro atoms. The Labute approximate surface area is 164 Å². The molecule has 4 nitrogen and oxygen atoms in total. The van der Waals surface area contributed by atoms with Crippen LogP contribution in [0, 0.1) is 0 Å². The van der Waals surface area contributed by atoms with Gasteiger partial charge in [-0.3, -0.25) is 9.78 Å². The van der Waals surface area contributed by atoms with E-state index in [4.69, 9.17) is 0 Å². The zero-order valence-corrected chi connectivity index (χ0v) is 15.4. The maximum atomic E-state index is 12.4. The zero-order valence-electron chi connectivity index (χ0n) is 14.6. The summed E-state index contributed by atoms with van der Waals surface area (Å²) < 4.78 is 37.2. The summed E-state index contributed by atoms with van der Waals surface area (Å²) in [4.78, 5) is 20.6. The first kappa shape index (κ1) is 19.9. The molecular weight excluding hydrogens is 387 g/mol. The van der Waals surface area contributed by atoms with Crippen LogP contribution in [0.25, 0.3) is 0 Å². The fraction of sp³-hybridized carbons (Fsp3) is 0.150. The van der Waals surface area contributed by atoms with Gasteiger partial charge in [0.1, 0.15) is 5.03 Å². The Kier molecular flexibility index (Phi) is 6.30. The van der Waals surface area contributed by atoms with Gasteiger partial charge in [0.15, 0.2) is 0 Å². The van der Waals surface area contributed by atoms with E-state index in [1.807, 2.05) is 6.07 Å². The maximum Gasteiger partial charge on any atom is 0.393 e. The zero-order chi connectivity index (χ0) is 20.0. The highest BCUT2D eigenvalue weighted by molar-refractivity contribution is 7.98. The van der Waals surface area contributed by atoms with E-state index in [0.29, 0.717) is 17.0 Å². The molecule has 0 bridgehead atoms. The summed E-state index contributed by atoms with van der Waals surface area (Å²) in [6.07, 6.45) is -0.359. The Balaban J connectivity index is 1.61. The number of rotatable bonds is 6. The van der Waals surface area contributed by atoms with Crippen LogP contribution in [-0.2, 0) is 12.2 Å². The van der Waals surface area contributed by atoms with Crippen LogP contribution in [0.5, 0.6) is 0 Å². The van der Waals surface area contributed by atoms with Crippen molar-refractivity contribution in [3.63, 3.8) is 0 Å². The molecule has 3 rings (SSSR count). The Hall–Kier alpha value is -2.87. The molecule has 0 aliphatic carbocycles. The highest BCUT2D eigenvalue weighted by Crippen LogP contribution is 2.23. The lowest BCUT2D eigenvalue weighted by molar-refractivity contribution is -0.127. The minimum atomic E-state index is -4.26. The highest BCUT2D eigenvalue weighted by atomic mass is 32.2. The average molecular weight is 403 g/mol. The first-order valence-electron chi connectivity index (χ1n) is 8.34. The quantitative estimate of drug-likeness (QED) is 0.580. The molecule has 0 atom stereocenters. The van der Waals surface area contributed by atoms with Gasteiger partial charge in [-0.05, 0) is 35.4 Å². The van der Waals surface area contributed by atoms with Crippen LogP contribution < -0.4 is 5.32 Å². The maximum absolute atomic E-state index is 12.4. The van der Waals surface area contributed by atoms with Crippen molar-refractivity contribution < 1.29 is 18.0 Å². The van der Waals surface area contributed by atoms with E-state index in [-0.39, 0.29) is 11.5 Å². The molecule has 8 heteroatoms. The molecular formula is C20H16F3N3OS. The number of alkyl halides is 3. The van der Waals surface area contributed by atoms with Crippen LogP contribution in [-0.4, -0.2) is 22.1 Å². The molecule has 0 saturated carbocycles. The van der Waals surface area contributed by atoms with E-state index < -0.39 is 12.6 Å². The Morgan fingerprint density at radius 3 is 2.50 bits per heavy atom. The van der Waals surface area contributed by atoms with Crippen LogP contribution in [0.1, 0.15) is 21.5 Å². The van der Waals surface area contributed by atoms with Gasteiger partial charge in [0, 0.05) is 29.4 Å². The van der Waals surface area contributed by atoms with E-state index >= 15 is 0 Å². The molecule has 28 heavy (non-hydrogen) atoms. The smallest absolute Gasteiger partial charge is 0.322 e. The SMILES string of the molecule is O=C(Nc1ccc(CC(F)(F)F)cc1)c1cccc(CSc2cnccn2)c1. The van der Waals surface area contributed by atoms with Gasteiger partial charge in [-0.25, -0.2) is 4.98 Å². The van der Waals surface area contributed by atoms with Crippen molar-refractivity contribution in [3.05, 3.63) is 83.8 Å². The minimum absolute atomic E-state index is 0.147. The third-order valence-corrected chi connectivity index (χ3v) is 4.72. The number of nitrogens with one attached hydrogen (secondary N) is 1. The molecule has 2 aromatic carbocycles. The number of halogens is 3. The fourth-order valence-corrected chi connectivity index (χ4v) is 3.23. The normalized spacial score (nSPS) is 11.2. The van der Waals surface area contributed by atoms with Crippen LogP contribution >= 0.6 is 11.8 Å². The standard InChI is InChI=1S/C20H16F3N3OS/c21-20(22,23)11-14-4-6-17(7-5-14)26-19(27)16-3-1-2-15(10-16)13-28-18-12-24-8-9-25-18/h1-10,12H,11,13H2,(H,26,27). The average Bonchev–Trinajstić information content (AvgIpc) is 2.68. The third kappa shape index (κ3) is 6.09. The first-order valence-corrected chi connectivity index (χ1v) is 9.32. The van der Waals surface area contributed by atoms with Crippen molar-refractivity contribution in [2.75, 3.05) is 5.32 Å². The lowest BCUT2D eigenvalue weighted by atomic mass is 10.1. The molecule has 0 radical (unpaired) electrons. The topological polar surface area (TPSA) is 54.9 Å². The molecule has 0 unspecified atom stereocenters. The summed E-state index contributed by atoms with van der Waals surface area (Å²) in [5, 5.41) is 3.49. The Bertz CT molecular complexity index is 931. The van der Waals surface area contributed by atoms with E-state index in [1.54, 1.807) is 36.8 Å². The molecule has 144 valence electrons. The molecule has 1 amide bonds. The summed E-state index contributed by atoms with van der Waals surface area (Å²) in [5.41, 5.74) is 2.00. The molecule has 1 N–H and O–H groups in total. The predicted octanol–water partition coefficient (Wildman–Crippen LogP) is 5.13. The molecule has 0 aliphatic heterocycles. The molecule has 0 fully saturated rings. The summed E-state index contributed by atoms with van der Waals surface area (Å²) in [6, 6.07) is 12.8. The predicted molar refractivity (Wildman–Crippen MR) is 102 cm³/mol. The van der Waals surface area contributed by atoms with E-state index in [2.05, 4.69) is 15.3 Å². The van der Waals surface area contributed by atoms with Gasteiger partial charge in [0.25, 0.3) is 5.91 Å². The number of anilines is 1. The minimum Gasteiger partial charge on any atom is -0.322 e. The second-order valence-electron chi connectivity index (χ2n) is 5.98. The van der Waals surface area contributed by atoms with E-state index in [1.165, 1.54) is 36.0 Å². The van der Waals surface area contributed by atoms with Crippen molar-refractivity contribution in [1.29, 1.82) is 0 Å². The number of benzene rings is 2. The van der Waals surface area contributed by atoms with E-state index in [9.17, 15) is 18.0 Å². The van der Waals surface area contributed by atoms with Crippen molar-refractivity contribution >= 4 is 23.4 Å². The lowest BCUT2D eigenvalue weighted by Gasteiger charge is -2.09. The van der Waals surface area contributed by atoms with Crippen LogP contribution in [0.4, 0.5) is 18.9 Å². The van der Waals surface area contributed by atoms with Gasteiger partial charge in [0.05, 0.1) is 12.6 Å². The summed E-state index contributed by atoms with van der Waals surface area (Å²) in [5.74, 6) is 0.307. The van der Waals surface area contributed by atoms with Crippen LogP contribution in [0.15, 0.2) is 72.1 Å². The molecule has 0 aliphatic rings. The number of hydrogen-bond acceptors (Lipinski definition) is 4. The van der Waals surface area contributed by atoms with Crippen LogP contribution in [0.3, 0.4) is 0 Å². The van der Waals surface area contributed by atoms with E-state index in [0.717, 1.165) is 10.6 Å². The lowest BCUT2D eigenvalue weighted by Crippen LogP contribution is -2.13. The van der Waals surface area contributed by atoms with Crippen LogP contribution in [0.2, 0.25) is 0 Å². The molecule has 1 aromatic heterocycles. The number of aromatic nitrogens is 2. The van der Waals surface area contributed by atoms with Gasteiger partial charge in [-0.1, -0.05) is 24.3 Å². The monoisotopic (exact) mass is 403 g/mol. The number of amides is 1. The fourth-order valence-electron chi connectivity index (χ4n) is 2.46. The number of thioether (sulfide) groups is 1. The van der Waals surface area contributed by atoms with Crippen molar-refractivity contribution in [2.45, 2.75) is 23.4 Å². The number of carbonyl (C=O) groups is 1. The second kappa shape index (κ2) is 8.88. The third-order valence-electron chi connectivity index (χ3n) is 3.73. The van der Waals surface area contributed by atoms with Gasteiger partial charge < -0.3 is 5.32 Å². The number of hydrogen-bond donors (Lipinski definition) is 1. The molecule has 0 saturated heterocycles. The second-order valence-corrected chi connectivity index (χ2v) is 6.97. The van der Waals surface area contributed by atoms with Gasteiger partial charge in [0.2, 0.25) is 0 Å². The number of nitrogens with zero attached hydrogens (tertiary/aromatic N) is 2. The van der Waals surface area contributed by atoms with Crippen molar-refractivity contribution in [2.24, 2.45) is 0 Å². The Morgan fingerprint density at radius 1 is 1.04 bits per heavy atom. The highest BCUT2D eigenvalue weighted by Gasteiger charge is 2.27. The summed E-state index contributed by atoms with van der Waals surface area (Å²) >= 11 is 1.51. The molecule has 3 aromatic rings. The molecule has 1 heterocycles.